The highest BCUT2D eigenvalue weighted by Gasteiger charge is 2.29. The van der Waals surface area contributed by atoms with E-state index in [0.717, 1.165) is 49.5 Å². The predicted octanol–water partition coefficient (Wildman–Crippen LogP) is 3.12. The number of aromatic nitrogens is 2. The fourth-order valence-electron chi connectivity index (χ4n) is 4.84. The fraction of sp³-hybridized carbons (Fsp3) is 0.400. The molecule has 0 bridgehead atoms. The molecule has 1 saturated carbocycles. The lowest BCUT2D eigenvalue weighted by Gasteiger charge is -2.32. The Balaban J connectivity index is 1.24. The maximum atomic E-state index is 13.3. The smallest absolute Gasteiger partial charge is 0.293 e. The van der Waals surface area contributed by atoms with Crippen LogP contribution in [-0.4, -0.2) is 65.0 Å². The summed E-state index contributed by atoms with van der Waals surface area (Å²) >= 11 is 0. The van der Waals surface area contributed by atoms with Crippen LogP contribution in [-0.2, 0) is 17.7 Å². The Labute approximate surface area is 222 Å². The van der Waals surface area contributed by atoms with Gasteiger partial charge in [0.1, 0.15) is 6.17 Å². The Bertz CT molecular complexity index is 1320. The average Bonchev–Trinajstić information content (AvgIpc) is 2.92. The fourth-order valence-corrected chi connectivity index (χ4v) is 4.84. The van der Waals surface area contributed by atoms with E-state index < -0.39 is 11.7 Å². The lowest BCUT2D eigenvalue weighted by Crippen LogP contribution is -2.44. The van der Waals surface area contributed by atoms with Crippen LogP contribution in [0.15, 0.2) is 59.7 Å². The van der Waals surface area contributed by atoms with Crippen LogP contribution >= 0.6 is 0 Å². The number of nitrogens with zero attached hydrogens (tertiary/aromatic N) is 2. The normalized spacial score (nSPS) is 20.2. The maximum absolute atomic E-state index is 13.3. The van der Waals surface area contributed by atoms with E-state index in [0.29, 0.717) is 31.5 Å². The number of ether oxygens (including phenoxy) is 1. The summed E-state index contributed by atoms with van der Waals surface area (Å²) in [6.45, 7) is 5.04. The standard InChI is InChI=1S/C30H33FN4O3/c31-26-16-27(17-26)32-18-25(15-28-29(36)30(37)34-20-33-28)24-9-7-22(8-10-24)2-1-21-3-5-23(6-4-21)19-35-11-13-38-14-12-35/h3-10,20,25-27,32,36H,11-19H2,(H,33,34,37)/t25-,26?,27?/m1/s1. The molecule has 1 aliphatic carbocycles. The van der Waals surface area contributed by atoms with Gasteiger partial charge in [-0.2, -0.15) is 0 Å². The Hall–Kier alpha value is -3.51. The molecule has 2 fully saturated rings. The zero-order chi connectivity index (χ0) is 26.3. The number of hydrogen-bond acceptors (Lipinski definition) is 6. The quantitative estimate of drug-likeness (QED) is 0.399. The maximum Gasteiger partial charge on any atom is 0.293 e. The molecular formula is C30H33FN4O3. The second kappa shape index (κ2) is 12.4. The summed E-state index contributed by atoms with van der Waals surface area (Å²) < 4.78 is 18.7. The molecule has 3 aromatic rings. The summed E-state index contributed by atoms with van der Waals surface area (Å²) in [5.74, 6) is 6.07. The molecule has 3 N–H and O–H groups in total. The highest BCUT2D eigenvalue weighted by molar-refractivity contribution is 5.44. The van der Waals surface area contributed by atoms with Crippen LogP contribution in [0.4, 0.5) is 4.39 Å². The number of alkyl halides is 1. The van der Waals surface area contributed by atoms with Gasteiger partial charge in [-0.25, -0.2) is 9.37 Å². The number of aromatic hydroxyl groups is 1. The van der Waals surface area contributed by atoms with Gasteiger partial charge in [-0.15, -0.1) is 0 Å². The van der Waals surface area contributed by atoms with Gasteiger partial charge in [0.05, 0.1) is 25.2 Å². The zero-order valence-corrected chi connectivity index (χ0v) is 21.3. The molecule has 1 saturated heterocycles. The number of aromatic amines is 1. The molecule has 198 valence electrons. The van der Waals surface area contributed by atoms with Gasteiger partial charge in [0, 0.05) is 55.7 Å². The van der Waals surface area contributed by atoms with Crippen molar-refractivity contribution >= 4 is 0 Å². The van der Waals surface area contributed by atoms with Crippen molar-refractivity contribution in [1.29, 1.82) is 0 Å². The molecular weight excluding hydrogens is 483 g/mol. The highest BCUT2D eigenvalue weighted by atomic mass is 19.1. The molecule has 2 aromatic carbocycles. The van der Waals surface area contributed by atoms with Gasteiger partial charge in [0.2, 0.25) is 5.75 Å². The Kier molecular flexibility index (Phi) is 8.49. The van der Waals surface area contributed by atoms with Crippen LogP contribution in [0.1, 0.15) is 46.7 Å². The van der Waals surface area contributed by atoms with Gasteiger partial charge in [0.15, 0.2) is 0 Å². The summed E-state index contributed by atoms with van der Waals surface area (Å²) in [6, 6.07) is 16.5. The van der Waals surface area contributed by atoms with E-state index in [1.165, 1.54) is 11.9 Å². The molecule has 7 nitrogen and oxygen atoms in total. The Morgan fingerprint density at radius 2 is 1.74 bits per heavy atom. The molecule has 0 spiro atoms. The first-order valence-corrected chi connectivity index (χ1v) is 13.2. The molecule has 0 unspecified atom stereocenters. The van der Waals surface area contributed by atoms with Gasteiger partial charge in [-0.05, 0) is 48.2 Å². The second-order valence-corrected chi connectivity index (χ2v) is 10.1. The molecule has 5 rings (SSSR count). The third kappa shape index (κ3) is 6.87. The van der Waals surface area contributed by atoms with Crippen molar-refractivity contribution < 1.29 is 14.2 Å². The number of rotatable bonds is 8. The monoisotopic (exact) mass is 516 g/mol. The van der Waals surface area contributed by atoms with Gasteiger partial charge in [-0.3, -0.25) is 9.69 Å². The molecule has 1 aromatic heterocycles. The number of benzene rings is 2. The van der Waals surface area contributed by atoms with Crippen LogP contribution in [0.3, 0.4) is 0 Å². The highest BCUT2D eigenvalue weighted by Crippen LogP contribution is 2.26. The predicted molar refractivity (Wildman–Crippen MR) is 144 cm³/mol. The van der Waals surface area contributed by atoms with Crippen LogP contribution in [0, 0.1) is 11.8 Å². The third-order valence-corrected chi connectivity index (χ3v) is 7.27. The first-order valence-electron chi connectivity index (χ1n) is 13.2. The van der Waals surface area contributed by atoms with Crippen LogP contribution in [0.2, 0.25) is 0 Å². The number of halogens is 1. The van der Waals surface area contributed by atoms with Gasteiger partial charge in [0.25, 0.3) is 5.56 Å². The van der Waals surface area contributed by atoms with Gasteiger partial charge in [-0.1, -0.05) is 36.1 Å². The van der Waals surface area contributed by atoms with E-state index in [9.17, 15) is 14.3 Å². The van der Waals surface area contributed by atoms with Crippen molar-refractivity contribution in [3.05, 3.63) is 93.2 Å². The summed E-state index contributed by atoms with van der Waals surface area (Å²) in [7, 11) is 0. The number of morpholine rings is 1. The summed E-state index contributed by atoms with van der Waals surface area (Å²) in [5.41, 5.74) is 3.96. The minimum atomic E-state index is -0.733. The van der Waals surface area contributed by atoms with E-state index in [4.69, 9.17) is 4.74 Å². The molecule has 1 atom stereocenters. The van der Waals surface area contributed by atoms with E-state index in [-0.39, 0.29) is 17.7 Å². The topological polar surface area (TPSA) is 90.5 Å². The minimum Gasteiger partial charge on any atom is -0.502 e. The summed E-state index contributed by atoms with van der Waals surface area (Å²) in [5, 5.41) is 13.6. The van der Waals surface area contributed by atoms with Gasteiger partial charge < -0.3 is 20.1 Å². The van der Waals surface area contributed by atoms with E-state index in [1.807, 2.05) is 24.3 Å². The first kappa shape index (κ1) is 26.1. The van der Waals surface area contributed by atoms with Crippen molar-refractivity contribution in [2.24, 2.45) is 0 Å². The van der Waals surface area contributed by atoms with Crippen molar-refractivity contribution in [2.75, 3.05) is 32.8 Å². The molecule has 2 heterocycles. The van der Waals surface area contributed by atoms with E-state index in [2.05, 4.69) is 56.3 Å². The van der Waals surface area contributed by atoms with E-state index in [1.54, 1.807) is 0 Å². The molecule has 1 aliphatic heterocycles. The molecule has 0 amide bonds. The average molecular weight is 517 g/mol. The van der Waals surface area contributed by atoms with Crippen molar-refractivity contribution in [3.63, 3.8) is 0 Å². The van der Waals surface area contributed by atoms with Crippen LogP contribution < -0.4 is 10.9 Å². The number of hydrogen-bond donors (Lipinski definition) is 3. The van der Waals surface area contributed by atoms with Crippen molar-refractivity contribution in [1.82, 2.24) is 20.2 Å². The van der Waals surface area contributed by atoms with Crippen molar-refractivity contribution in [2.45, 2.75) is 43.9 Å². The molecule has 8 heteroatoms. The number of H-pyrrole nitrogens is 1. The molecule has 38 heavy (non-hydrogen) atoms. The lowest BCUT2D eigenvalue weighted by molar-refractivity contribution is 0.0342. The van der Waals surface area contributed by atoms with Crippen LogP contribution in [0.5, 0.6) is 5.75 Å². The SMILES string of the molecule is O=c1[nH]cnc(C[C@H](CNC2CC(F)C2)c2ccc(C#Cc3ccc(CN4CCOCC4)cc3)cc2)c1O. The molecule has 2 aliphatic rings. The van der Waals surface area contributed by atoms with E-state index >= 15 is 0 Å². The second-order valence-electron chi connectivity index (χ2n) is 10.1. The Morgan fingerprint density at radius 3 is 2.39 bits per heavy atom. The minimum absolute atomic E-state index is 0.0464. The largest absolute Gasteiger partial charge is 0.502 e. The summed E-state index contributed by atoms with van der Waals surface area (Å²) in [6.07, 6.45) is 1.99. The van der Waals surface area contributed by atoms with Gasteiger partial charge >= 0.3 is 0 Å². The Morgan fingerprint density at radius 1 is 1.08 bits per heavy atom. The van der Waals surface area contributed by atoms with Crippen molar-refractivity contribution in [3.8, 4) is 17.6 Å². The summed E-state index contributed by atoms with van der Waals surface area (Å²) in [4.78, 5) is 20.8. The number of nitrogens with one attached hydrogen (secondary N) is 2. The lowest BCUT2D eigenvalue weighted by atomic mass is 9.88. The third-order valence-electron chi connectivity index (χ3n) is 7.27. The molecule has 0 radical (unpaired) electrons. The zero-order valence-electron chi connectivity index (χ0n) is 21.3. The first-order chi connectivity index (χ1) is 18.5. The van der Waals surface area contributed by atoms with Crippen LogP contribution in [0.25, 0.3) is 0 Å².